The number of carbonyl (C=O) groups is 3. The Bertz CT molecular complexity index is 775. The molecule has 0 unspecified atom stereocenters. The molecule has 24 heavy (non-hydrogen) atoms. The second-order valence-corrected chi connectivity index (χ2v) is 6.14. The molecule has 0 fully saturated rings. The molecule has 0 saturated carbocycles. The zero-order valence-electron chi connectivity index (χ0n) is 13.6. The number of carbonyl (C=O) groups excluding carboxylic acids is 3. The van der Waals surface area contributed by atoms with Crippen LogP contribution in [-0.2, 0) is 0 Å². The number of rotatable bonds is 4. The first-order valence-corrected chi connectivity index (χ1v) is 7.85. The van der Waals surface area contributed by atoms with Gasteiger partial charge in [-0.2, -0.15) is 0 Å². The normalized spacial score (nSPS) is 13.4. The Kier molecular flexibility index (Phi) is 4.16. The van der Waals surface area contributed by atoms with Crippen LogP contribution in [0.2, 0.25) is 0 Å². The minimum absolute atomic E-state index is 0.169. The molecule has 1 heterocycles. The van der Waals surface area contributed by atoms with E-state index in [4.69, 9.17) is 0 Å². The number of anilines is 1. The Hall–Kier alpha value is -2.95. The molecule has 122 valence electrons. The molecular weight excluding hydrogens is 304 g/mol. The van der Waals surface area contributed by atoms with Crippen LogP contribution < -0.4 is 10.2 Å². The maximum Gasteiger partial charge on any atom is 0.266 e. The lowest BCUT2D eigenvalue weighted by Crippen LogP contribution is -2.30. The van der Waals surface area contributed by atoms with Crippen molar-refractivity contribution in [2.45, 2.75) is 13.8 Å². The summed E-state index contributed by atoms with van der Waals surface area (Å²) in [5.41, 5.74) is 1.76. The Labute approximate surface area is 140 Å². The molecule has 3 rings (SSSR count). The molecule has 0 radical (unpaired) electrons. The largest absolute Gasteiger partial charge is 0.352 e. The highest BCUT2D eigenvalue weighted by molar-refractivity contribution is 6.34. The van der Waals surface area contributed by atoms with Crippen molar-refractivity contribution in [2.75, 3.05) is 11.4 Å². The van der Waals surface area contributed by atoms with Crippen molar-refractivity contribution in [1.29, 1.82) is 0 Å². The number of benzene rings is 2. The van der Waals surface area contributed by atoms with E-state index in [9.17, 15) is 14.4 Å². The van der Waals surface area contributed by atoms with Crippen LogP contribution >= 0.6 is 0 Å². The minimum atomic E-state index is -0.340. The predicted octanol–water partition coefficient (Wildman–Crippen LogP) is 2.87. The van der Waals surface area contributed by atoms with Gasteiger partial charge in [-0.15, -0.1) is 0 Å². The SMILES string of the molecule is CC(C)CNC(=O)c1ccc(N2C(=O)c3ccccc3C2=O)cc1. The predicted molar refractivity (Wildman–Crippen MR) is 91.2 cm³/mol. The lowest BCUT2D eigenvalue weighted by Gasteiger charge is -2.14. The summed E-state index contributed by atoms with van der Waals surface area (Å²) in [6.45, 7) is 4.64. The van der Waals surface area contributed by atoms with Gasteiger partial charge in [0.2, 0.25) is 0 Å². The van der Waals surface area contributed by atoms with Gasteiger partial charge in [0, 0.05) is 12.1 Å². The fourth-order valence-corrected chi connectivity index (χ4v) is 2.58. The Balaban J connectivity index is 1.81. The van der Waals surface area contributed by atoms with Crippen molar-refractivity contribution < 1.29 is 14.4 Å². The molecule has 0 atom stereocenters. The highest BCUT2D eigenvalue weighted by Crippen LogP contribution is 2.28. The minimum Gasteiger partial charge on any atom is -0.352 e. The molecule has 0 aromatic heterocycles. The second kappa shape index (κ2) is 6.28. The van der Waals surface area contributed by atoms with Crippen LogP contribution in [0.15, 0.2) is 48.5 Å². The fourth-order valence-electron chi connectivity index (χ4n) is 2.58. The topological polar surface area (TPSA) is 66.5 Å². The van der Waals surface area contributed by atoms with Crippen LogP contribution in [0, 0.1) is 5.92 Å². The van der Waals surface area contributed by atoms with Crippen LogP contribution in [0.5, 0.6) is 0 Å². The first-order chi connectivity index (χ1) is 11.5. The first kappa shape index (κ1) is 15.9. The number of hydrogen-bond donors (Lipinski definition) is 1. The number of imide groups is 1. The van der Waals surface area contributed by atoms with E-state index in [0.717, 1.165) is 4.90 Å². The Morgan fingerprint density at radius 1 is 0.958 bits per heavy atom. The van der Waals surface area contributed by atoms with Gasteiger partial charge >= 0.3 is 0 Å². The molecule has 0 aliphatic carbocycles. The van der Waals surface area contributed by atoms with E-state index in [1.165, 1.54) is 0 Å². The van der Waals surface area contributed by atoms with Gasteiger partial charge in [0.25, 0.3) is 17.7 Å². The molecule has 1 aliphatic heterocycles. The number of fused-ring (bicyclic) bond motifs is 1. The Morgan fingerprint density at radius 3 is 2.00 bits per heavy atom. The van der Waals surface area contributed by atoms with Gasteiger partial charge in [0.05, 0.1) is 16.8 Å². The van der Waals surface area contributed by atoms with Crippen LogP contribution in [0.1, 0.15) is 44.9 Å². The monoisotopic (exact) mass is 322 g/mol. The van der Waals surface area contributed by atoms with E-state index in [2.05, 4.69) is 5.32 Å². The highest BCUT2D eigenvalue weighted by Gasteiger charge is 2.36. The summed E-state index contributed by atoms with van der Waals surface area (Å²) in [6, 6.07) is 13.2. The molecule has 3 amide bonds. The standard InChI is InChI=1S/C19H18N2O3/c1-12(2)11-20-17(22)13-7-9-14(10-8-13)21-18(23)15-5-3-4-6-16(15)19(21)24/h3-10,12H,11H2,1-2H3,(H,20,22). The van der Waals surface area contributed by atoms with Crippen molar-refractivity contribution in [3.8, 4) is 0 Å². The van der Waals surface area contributed by atoms with E-state index in [1.807, 2.05) is 13.8 Å². The number of nitrogens with one attached hydrogen (secondary N) is 1. The van der Waals surface area contributed by atoms with E-state index in [0.29, 0.717) is 34.8 Å². The summed E-state index contributed by atoms with van der Waals surface area (Å²) in [7, 11) is 0. The lowest BCUT2D eigenvalue weighted by atomic mass is 10.1. The van der Waals surface area contributed by atoms with Gasteiger partial charge in [-0.1, -0.05) is 26.0 Å². The number of hydrogen-bond acceptors (Lipinski definition) is 3. The maximum atomic E-state index is 12.4. The van der Waals surface area contributed by atoms with E-state index < -0.39 is 0 Å². The molecular formula is C19H18N2O3. The van der Waals surface area contributed by atoms with Crippen molar-refractivity contribution >= 4 is 23.4 Å². The van der Waals surface area contributed by atoms with Crippen molar-refractivity contribution in [3.63, 3.8) is 0 Å². The summed E-state index contributed by atoms with van der Waals surface area (Å²) in [4.78, 5) is 38.0. The smallest absolute Gasteiger partial charge is 0.266 e. The van der Waals surface area contributed by atoms with Crippen LogP contribution in [0.3, 0.4) is 0 Å². The quantitative estimate of drug-likeness (QED) is 0.880. The Morgan fingerprint density at radius 2 is 1.50 bits per heavy atom. The maximum absolute atomic E-state index is 12.4. The van der Waals surface area contributed by atoms with Gasteiger partial charge in [-0.25, -0.2) is 4.90 Å². The van der Waals surface area contributed by atoms with Gasteiger partial charge in [-0.3, -0.25) is 14.4 Å². The lowest BCUT2D eigenvalue weighted by molar-refractivity contribution is 0.0923. The molecule has 5 nitrogen and oxygen atoms in total. The summed E-state index contributed by atoms with van der Waals surface area (Å²) < 4.78 is 0. The molecule has 0 saturated heterocycles. The average Bonchev–Trinajstić information content (AvgIpc) is 2.84. The van der Waals surface area contributed by atoms with Crippen LogP contribution in [-0.4, -0.2) is 24.3 Å². The molecule has 0 bridgehead atoms. The third kappa shape index (κ3) is 2.80. The fraction of sp³-hybridized carbons (Fsp3) is 0.211. The van der Waals surface area contributed by atoms with Crippen LogP contribution in [0.4, 0.5) is 5.69 Å². The number of nitrogens with zero attached hydrogens (tertiary/aromatic N) is 1. The zero-order valence-corrected chi connectivity index (χ0v) is 13.6. The summed E-state index contributed by atoms with van der Waals surface area (Å²) in [5, 5.41) is 2.83. The van der Waals surface area contributed by atoms with Gasteiger partial charge in [0.15, 0.2) is 0 Å². The summed E-state index contributed by atoms with van der Waals surface area (Å²) >= 11 is 0. The first-order valence-electron chi connectivity index (χ1n) is 7.85. The molecule has 2 aromatic rings. The molecule has 1 aliphatic rings. The average molecular weight is 322 g/mol. The van der Waals surface area contributed by atoms with Crippen LogP contribution in [0.25, 0.3) is 0 Å². The highest BCUT2D eigenvalue weighted by atomic mass is 16.2. The van der Waals surface area contributed by atoms with Crippen molar-refractivity contribution in [1.82, 2.24) is 5.32 Å². The molecule has 0 spiro atoms. The molecule has 5 heteroatoms. The van der Waals surface area contributed by atoms with E-state index >= 15 is 0 Å². The summed E-state index contributed by atoms with van der Waals surface area (Å²) in [6.07, 6.45) is 0. The molecule has 2 aromatic carbocycles. The van der Waals surface area contributed by atoms with E-state index in [-0.39, 0.29) is 17.7 Å². The number of amides is 3. The third-order valence-corrected chi connectivity index (χ3v) is 3.85. The van der Waals surface area contributed by atoms with E-state index in [1.54, 1.807) is 48.5 Å². The third-order valence-electron chi connectivity index (χ3n) is 3.85. The second-order valence-electron chi connectivity index (χ2n) is 6.14. The van der Waals surface area contributed by atoms with Crippen molar-refractivity contribution in [3.05, 3.63) is 65.2 Å². The van der Waals surface area contributed by atoms with Crippen molar-refractivity contribution in [2.24, 2.45) is 5.92 Å². The van der Waals surface area contributed by atoms with Gasteiger partial charge in [-0.05, 0) is 42.3 Å². The van der Waals surface area contributed by atoms with Gasteiger partial charge in [0.1, 0.15) is 0 Å². The van der Waals surface area contributed by atoms with Gasteiger partial charge < -0.3 is 5.32 Å². The molecule has 1 N–H and O–H groups in total. The zero-order chi connectivity index (χ0) is 17.3. The summed E-state index contributed by atoms with van der Waals surface area (Å²) in [5.74, 6) is -0.482.